The first kappa shape index (κ1) is 17.7. The third-order valence-corrected chi connectivity index (χ3v) is 5.91. The molecule has 1 heterocycles. The second-order valence-electron chi connectivity index (χ2n) is 6.35. The molecule has 1 aromatic carbocycles. The Hall–Kier alpha value is -2.14. The number of nitrogens with zero attached hydrogens (tertiary/aromatic N) is 1. The summed E-state index contributed by atoms with van der Waals surface area (Å²) in [7, 11) is 3.06. The number of aryl methyl sites for hydroxylation is 2. The monoisotopic (exact) mass is 357 g/mol. The zero-order valence-corrected chi connectivity index (χ0v) is 15.5. The molecule has 1 amide bonds. The molecule has 0 unspecified atom stereocenters. The fraction of sp³-hybridized carbons (Fsp3) is 0.400. The minimum Gasteiger partial charge on any atom is -0.465 e. The lowest BCUT2D eigenvalue weighted by Gasteiger charge is -2.19. The van der Waals surface area contributed by atoms with Crippen LogP contribution in [0.15, 0.2) is 30.3 Å². The lowest BCUT2D eigenvalue weighted by atomic mass is 10.00. The fourth-order valence-electron chi connectivity index (χ4n) is 3.27. The molecular weight excluding hydrogens is 334 g/mol. The van der Waals surface area contributed by atoms with Crippen LogP contribution in [0.3, 0.4) is 0 Å². The Morgan fingerprint density at radius 2 is 1.80 bits per heavy atom. The van der Waals surface area contributed by atoms with Gasteiger partial charge in [-0.3, -0.25) is 4.79 Å². The van der Waals surface area contributed by atoms with Gasteiger partial charge in [0.15, 0.2) is 0 Å². The van der Waals surface area contributed by atoms with Crippen LogP contribution in [-0.4, -0.2) is 26.0 Å². The minimum absolute atomic E-state index is 0.0758. The van der Waals surface area contributed by atoms with Gasteiger partial charge in [-0.25, -0.2) is 4.79 Å². The third kappa shape index (κ3) is 3.76. The van der Waals surface area contributed by atoms with Gasteiger partial charge in [0.2, 0.25) is 0 Å². The van der Waals surface area contributed by atoms with Crippen LogP contribution in [0.4, 0.5) is 5.69 Å². The van der Waals surface area contributed by atoms with Crippen molar-refractivity contribution in [2.75, 3.05) is 19.1 Å². The van der Waals surface area contributed by atoms with Crippen LogP contribution in [-0.2, 0) is 17.6 Å². The van der Waals surface area contributed by atoms with Crippen molar-refractivity contribution < 1.29 is 14.3 Å². The zero-order valence-electron chi connectivity index (χ0n) is 14.7. The molecule has 4 nitrogen and oxygen atoms in total. The highest BCUT2D eigenvalue weighted by atomic mass is 32.1. The van der Waals surface area contributed by atoms with Crippen molar-refractivity contribution in [2.24, 2.45) is 0 Å². The Morgan fingerprint density at radius 1 is 1.08 bits per heavy atom. The predicted molar refractivity (Wildman–Crippen MR) is 101 cm³/mol. The summed E-state index contributed by atoms with van der Waals surface area (Å²) in [6, 6.07) is 9.08. The van der Waals surface area contributed by atoms with Gasteiger partial charge in [-0.05, 0) is 49.4 Å². The van der Waals surface area contributed by atoms with Gasteiger partial charge in [-0.1, -0.05) is 25.0 Å². The first-order chi connectivity index (χ1) is 12.1. The van der Waals surface area contributed by atoms with Gasteiger partial charge in [-0.2, -0.15) is 0 Å². The van der Waals surface area contributed by atoms with Crippen LogP contribution in [0.2, 0.25) is 0 Å². The van der Waals surface area contributed by atoms with E-state index in [4.69, 9.17) is 4.74 Å². The van der Waals surface area contributed by atoms with Gasteiger partial charge in [0.1, 0.15) is 0 Å². The molecule has 0 spiro atoms. The molecule has 0 saturated heterocycles. The molecular formula is C20H23NO3S. The number of ether oxygens (including phenoxy) is 1. The van der Waals surface area contributed by atoms with E-state index in [9.17, 15) is 9.59 Å². The van der Waals surface area contributed by atoms with E-state index in [-0.39, 0.29) is 5.91 Å². The van der Waals surface area contributed by atoms with Crippen molar-refractivity contribution in [1.82, 2.24) is 0 Å². The Labute approximate surface area is 152 Å². The van der Waals surface area contributed by atoms with Crippen molar-refractivity contribution in [3.8, 4) is 0 Å². The van der Waals surface area contributed by atoms with Crippen molar-refractivity contribution >= 4 is 28.9 Å². The Balaban J connectivity index is 1.89. The lowest BCUT2D eigenvalue weighted by Crippen LogP contribution is -2.27. The SMILES string of the molecule is COC(=O)c1ccccc1N(C)C(=O)c1cc2c(s1)CCCCCC2. The molecule has 132 valence electrons. The predicted octanol–water partition coefficient (Wildman–Crippen LogP) is 4.47. The summed E-state index contributed by atoms with van der Waals surface area (Å²) in [5.41, 5.74) is 2.29. The molecule has 0 atom stereocenters. The van der Waals surface area contributed by atoms with E-state index < -0.39 is 5.97 Å². The van der Waals surface area contributed by atoms with E-state index in [2.05, 4.69) is 0 Å². The van der Waals surface area contributed by atoms with Crippen LogP contribution in [0, 0.1) is 0 Å². The molecule has 0 radical (unpaired) electrons. The van der Waals surface area contributed by atoms with E-state index in [1.807, 2.05) is 12.1 Å². The van der Waals surface area contributed by atoms with Crippen molar-refractivity contribution in [3.05, 3.63) is 51.2 Å². The summed E-state index contributed by atoms with van der Waals surface area (Å²) in [6.07, 6.45) is 7.05. The number of carbonyl (C=O) groups is 2. The quantitative estimate of drug-likeness (QED) is 0.762. The molecule has 2 aromatic rings. The van der Waals surface area contributed by atoms with Gasteiger partial charge in [-0.15, -0.1) is 11.3 Å². The Bertz CT molecular complexity index is 755. The van der Waals surface area contributed by atoms with Crippen molar-refractivity contribution in [3.63, 3.8) is 0 Å². The Kier molecular flexibility index (Phi) is 5.53. The summed E-state index contributed by atoms with van der Waals surface area (Å²) in [6.45, 7) is 0. The minimum atomic E-state index is -0.436. The lowest BCUT2D eigenvalue weighted by molar-refractivity contribution is 0.0601. The molecule has 0 saturated carbocycles. The van der Waals surface area contributed by atoms with Crippen LogP contribution in [0.5, 0.6) is 0 Å². The van der Waals surface area contributed by atoms with E-state index in [1.54, 1.807) is 41.5 Å². The summed E-state index contributed by atoms with van der Waals surface area (Å²) in [4.78, 5) is 28.6. The number of thiophene rings is 1. The number of amides is 1. The second kappa shape index (κ2) is 7.83. The molecule has 0 N–H and O–H groups in total. The maximum atomic E-state index is 13.0. The third-order valence-electron chi connectivity index (χ3n) is 4.68. The summed E-state index contributed by atoms with van der Waals surface area (Å²) in [5.74, 6) is -0.512. The average Bonchev–Trinajstić information content (AvgIpc) is 3.01. The molecule has 3 rings (SSSR count). The number of carbonyl (C=O) groups excluding carboxylic acids is 2. The number of hydrogen-bond donors (Lipinski definition) is 0. The topological polar surface area (TPSA) is 46.6 Å². The highest BCUT2D eigenvalue weighted by Gasteiger charge is 2.23. The van der Waals surface area contributed by atoms with Crippen LogP contribution < -0.4 is 4.90 Å². The van der Waals surface area contributed by atoms with E-state index in [0.29, 0.717) is 11.3 Å². The first-order valence-corrected chi connectivity index (χ1v) is 9.50. The molecule has 1 aromatic heterocycles. The average molecular weight is 357 g/mol. The first-order valence-electron chi connectivity index (χ1n) is 8.69. The number of methoxy groups -OCH3 is 1. The number of anilines is 1. The normalized spacial score (nSPS) is 14.2. The number of fused-ring (bicyclic) bond motifs is 1. The number of para-hydroxylation sites is 1. The van der Waals surface area contributed by atoms with E-state index >= 15 is 0 Å². The second-order valence-corrected chi connectivity index (χ2v) is 7.48. The number of rotatable bonds is 3. The summed E-state index contributed by atoms with van der Waals surface area (Å²) >= 11 is 1.60. The number of hydrogen-bond acceptors (Lipinski definition) is 4. The van der Waals surface area contributed by atoms with E-state index in [0.717, 1.165) is 17.7 Å². The molecule has 5 heteroatoms. The molecule has 0 fully saturated rings. The van der Waals surface area contributed by atoms with Crippen LogP contribution in [0.25, 0.3) is 0 Å². The van der Waals surface area contributed by atoms with Gasteiger partial charge in [0, 0.05) is 11.9 Å². The summed E-state index contributed by atoms with van der Waals surface area (Å²) in [5, 5.41) is 0. The number of benzene rings is 1. The van der Waals surface area contributed by atoms with Gasteiger partial charge in [0.25, 0.3) is 5.91 Å². The summed E-state index contributed by atoms with van der Waals surface area (Å²) < 4.78 is 4.83. The maximum Gasteiger partial charge on any atom is 0.339 e. The van der Waals surface area contributed by atoms with Gasteiger partial charge < -0.3 is 9.64 Å². The molecule has 1 aliphatic rings. The zero-order chi connectivity index (χ0) is 17.8. The van der Waals surface area contributed by atoms with Crippen LogP contribution >= 0.6 is 11.3 Å². The highest BCUT2D eigenvalue weighted by molar-refractivity contribution is 7.14. The fourth-order valence-corrected chi connectivity index (χ4v) is 4.50. The maximum absolute atomic E-state index is 13.0. The smallest absolute Gasteiger partial charge is 0.339 e. The molecule has 1 aliphatic carbocycles. The highest BCUT2D eigenvalue weighted by Crippen LogP contribution is 2.30. The van der Waals surface area contributed by atoms with Crippen LogP contribution in [0.1, 0.15) is 56.2 Å². The number of esters is 1. The standard InChI is InChI=1S/C20H23NO3S/c1-21(16-11-8-7-10-15(16)20(23)24-2)19(22)18-13-14-9-5-3-4-6-12-17(14)25-18/h7-8,10-11,13H,3-6,9,12H2,1-2H3. The van der Waals surface area contributed by atoms with E-state index in [1.165, 1.54) is 43.2 Å². The molecule has 25 heavy (non-hydrogen) atoms. The Morgan fingerprint density at radius 3 is 2.56 bits per heavy atom. The molecule has 0 bridgehead atoms. The van der Waals surface area contributed by atoms with Crippen molar-refractivity contribution in [2.45, 2.75) is 38.5 Å². The van der Waals surface area contributed by atoms with Crippen molar-refractivity contribution in [1.29, 1.82) is 0 Å². The molecule has 0 aliphatic heterocycles. The van der Waals surface area contributed by atoms with Gasteiger partial charge >= 0.3 is 5.97 Å². The largest absolute Gasteiger partial charge is 0.465 e. The van der Waals surface area contributed by atoms with Gasteiger partial charge in [0.05, 0.1) is 23.2 Å².